The number of halogens is 2. The van der Waals surface area contributed by atoms with Gasteiger partial charge >= 0.3 is 0 Å². The maximum absolute atomic E-state index is 13.2. The minimum absolute atomic E-state index is 0.0352. The lowest BCUT2D eigenvalue weighted by Gasteiger charge is -2.06. The van der Waals surface area contributed by atoms with Crippen LogP contribution in [0.2, 0.25) is 0 Å². The number of carbonyl (C=O) groups excluding carboxylic acids is 1. The van der Waals surface area contributed by atoms with E-state index in [1.54, 1.807) is 0 Å². The predicted molar refractivity (Wildman–Crippen MR) is 81.5 cm³/mol. The molecule has 0 fully saturated rings. The first kappa shape index (κ1) is 15.7. The van der Waals surface area contributed by atoms with Crippen LogP contribution < -0.4 is 5.73 Å². The zero-order valence-corrected chi connectivity index (χ0v) is 13.3. The standard InChI is InChI=1S/C14H11BrFNO3S/c1-21(19,20)11-5-9(4-10(17)7-11)14(18)8-2-3-13(16)12(15)6-8/h2-7H,17H2,1H3. The Morgan fingerprint density at radius 2 is 1.81 bits per heavy atom. The van der Waals surface area contributed by atoms with E-state index >= 15 is 0 Å². The van der Waals surface area contributed by atoms with Gasteiger partial charge < -0.3 is 5.73 Å². The Morgan fingerprint density at radius 1 is 1.14 bits per heavy atom. The summed E-state index contributed by atoms with van der Waals surface area (Å²) in [5.41, 5.74) is 6.17. The average Bonchev–Trinajstić information content (AvgIpc) is 2.39. The van der Waals surface area contributed by atoms with E-state index in [1.807, 2.05) is 0 Å². The van der Waals surface area contributed by atoms with Crippen molar-refractivity contribution in [2.45, 2.75) is 4.90 Å². The van der Waals surface area contributed by atoms with Crippen LogP contribution in [0.4, 0.5) is 10.1 Å². The Kier molecular flexibility index (Phi) is 4.15. The van der Waals surface area contributed by atoms with Gasteiger partial charge in [0.05, 0.1) is 9.37 Å². The molecule has 0 saturated heterocycles. The first-order valence-corrected chi connectivity index (χ1v) is 8.47. The quantitative estimate of drug-likeness (QED) is 0.664. The predicted octanol–water partition coefficient (Wildman–Crippen LogP) is 2.80. The van der Waals surface area contributed by atoms with Crippen LogP contribution in [-0.2, 0) is 9.84 Å². The summed E-state index contributed by atoms with van der Waals surface area (Å²) in [7, 11) is -3.48. The van der Waals surface area contributed by atoms with Crippen molar-refractivity contribution in [3.05, 3.63) is 57.8 Å². The number of hydrogen-bond donors (Lipinski definition) is 1. The van der Waals surface area contributed by atoms with E-state index in [1.165, 1.54) is 30.3 Å². The van der Waals surface area contributed by atoms with Crippen LogP contribution in [-0.4, -0.2) is 20.5 Å². The Balaban J connectivity index is 2.53. The van der Waals surface area contributed by atoms with Gasteiger partial charge in [-0.2, -0.15) is 0 Å². The number of carbonyl (C=O) groups is 1. The first-order chi connectivity index (χ1) is 9.68. The highest BCUT2D eigenvalue weighted by Crippen LogP contribution is 2.22. The molecule has 0 aliphatic rings. The number of anilines is 1. The van der Waals surface area contributed by atoms with E-state index in [4.69, 9.17) is 5.73 Å². The highest BCUT2D eigenvalue weighted by molar-refractivity contribution is 9.10. The fraction of sp³-hybridized carbons (Fsp3) is 0.0714. The van der Waals surface area contributed by atoms with Crippen LogP contribution in [0.3, 0.4) is 0 Å². The molecule has 0 bridgehead atoms. The number of nitrogen functional groups attached to an aromatic ring is 1. The molecule has 110 valence electrons. The van der Waals surface area contributed by atoms with Gasteiger partial charge in [-0.15, -0.1) is 0 Å². The lowest BCUT2D eigenvalue weighted by atomic mass is 10.0. The number of ketones is 1. The molecule has 0 radical (unpaired) electrons. The Bertz CT molecular complexity index is 834. The van der Waals surface area contributed by atoms with Crippen molar-refractivity contribution in [3.8, 4) is 0 Å². The van der Waals surface area contributed by atoms with E-state index in [-0.39, 0.29) is 26.2 Å². The monoisotopic (exact) mass is 371 g/mol. The summed E-state index contributed by atoms with van der Waals surface area (Å²) < 4.78 is 36.5. The molecule has 0 amide bonds. The van der Waals surface area contributed by atoms with E-state index in [0.717, 1.165) is 12.3 Å². The molecular weight excluding hydrogens is 361 g/mol. The van der Waals surface area contributed by atoms with E-state index in [0.29, 0.717) is 0 Å². The summed E-state index contributed by atoms with van der Waals surface area (Å²) in [6.07, 6.45) is 1.03. The second-order valence-electron chi connectivity index (χ2n) is 4.52. The van der Waals surface area contributed by atoms with Crippen molar-refractivity contribution in [1.82, 2.24) is 0 Å². The van der Waals surface area contributed by atoms with E-state index < -0.39 is 21.4 Å². The van der Waals surface area contributed by atoms with E-state index in [2.05, 4.69) is 15.9 Å². The van der Waals surface area contributed by atoms with Crippen LogP contribution >= 0.6 is 15.9 Å². The minimum Gasteiger partial charge on any atom is -0.399 e. The van der Waals surface area contributed by atoms with Crippen LogP contribution in [0.15, 0.2) is 45.8 Å². The van der Waals surface area contributed by atoms with E-state index in [9.17, 15) is 17.6 Å². The summed E-state index contributed by atoms with van der Waals surface area (Å²) in [4.78, 5) is 12.3. The molecule has 0 saturated carbocycles. The molecule has 7 heteroatoms. The van der Waals surface area contributed by atoms with Gasteiger partial charge in [0.25, 0.3) is 0 Å². The Hall–Kier alpha value is -1.73. The van der Waals surface area contributed by atoms with Gasteiger partial charge in [-0.25, -0.2) is 12.8 Å². The molecular formula is C14H11BrFNO3S. The van der Waals surface area contributed by atoms with Crippen LogP contribution in [0.5, 0.6) is 0 Å². The number of rotatable bonds is 3. The van der Waals surface area contributed by atoms with Crippen LogP contribution in [0, 0.1) is 5.82 Å². The van der Waals surface area contributed by atoms with Crippen LogP contribution in [0.25, 0.3) is 0 Å². The molecule has 2 aromatic carbocycles. The van der Waals surface area contributed by atoms with Crippen molar-refractivity contribution in [3.63, 3.8) is 0 Å². The van der Waals surface area contributed by atoms with Gasteiger partial charge in [0.15, 0.2) is 15.6 Å². The molecule has 0 heterocycles. The van der Waals surface area contributed by atoms with Gasteiger partial charge in [0.2, 0.25) is 0 Å². The number of hydrogen-bond acceptors (Lipinski definition) is 4. The molecule has 2 rings (SSSR count). The molecule has 4 nitrogen and oxygen atoms in total. The molecule has 2 N–H and O–H groups in total. The third kappa shape index (κ3) is 3.48. The average molecular weight is 372 g/mol. The van der Waals surface area contributed by atoms with Crippen molar-refractivity contribution in [2.24, 2.45) is 0 Å². The van der Waals surface area contributed by atoms with Gasteiger partial charge in [-0.1, -0.05) is 0 Å². The lowest BCUT2D eigenvalue weighted by Crippen LogP contribution is -2.06. The summed E-state index contributed by atoms with van der Waals surface area (Å²) in [5.74, 6) is -0.927. The van der Waals surface area contributed by atoms with Gasteiger partial charge in [-0.05, 0) is 52.3 Å². The molecule has 0 aliphatic heterocycles. The van der Waals surface area contributed by atoms with Crippen LogP contribution in [0.1, 0.15) is 15.9 Å². The third-order valence-corrected chi connectivity index (χ3v) is 4.50. The second-order valence-corrected chi connectivity index (χ2v) is 7.39. The molecule has 0 atom stereocenters. The number of nitrogens with two attached hydrogens (primary N) is 1. The topological polar surface area (TPSA) is 77.2 Å². The largest absolute Gasteiger partial charge is 0.399 e. The first-order valence-electron chi connectivity index (χ1n) is 5.79. The van der Waals surface area contributed by atoms with Crippen molar-refractivity contribution < 1.29 is 17.6 Å². The van der Waals surface area contributed by atoms with Gasteiger partial charge in [0, 0.05) is 23.1 Å². The lowest BCUT2D eigenvalue weighted by molar-refractivity contribution is 0.103. The molecule has 0 aromatic heterocycles. The Morgan fingerprint density at radius 3 is 2.38 bits per heavy atom. The zero-order valence-electron chi connectivity index (χ0n) is 10.9. The summed E-state index contributed by atoms with van der Waals surface area (Å²) >= 11 is 3.00. The normalized spacial score (nSPS) is 11.4. The van der Waals surface area contributed by atoms with Gasteiger partial charge in [-0.3, -0.25) is 4.79 Å². The minimum atomic E-state index is -3.48. The number of sulfone groups is 1. The van der Waals surface area contributed by atoms with Crippen molar-refractivity contribution in [2.75, 3.05) is 12.0 Å². The Labute approximate surface area is 129 Å². The molecule has 21 heavy (non-hydrogen) atoms. The maximum Gasteiger partial charge on any atom is 0.193 e. The van der Waals surface area contributed by atoms with Crippen molar-refractivity contribution >= 4 is 37.2 Å². The molecule has 0 unspecified atom stereocenters. The summed E-state index contributed by atoms with van der Waals surface area (Å²) in [5, 5.41) is 0. The maximum atomic E-state index is 13.2. The zero-order chi connectivity index (χ0) is 15.8. The van der Waals surface area contributed by atoms with Gasteiger partial charge in [0.1, 0.15) is 5.82 Å². The fourth-order valence-electron chi connectivity index (χ4n) is 1.77. The highest BCUT2D eigenvalue weighted by atomic mass is 79.9. The number of benzene rings is 2. The molecule has 2 aromatic rings. The smallest absolute Gasteiger partial charge is 0.193 e. The molecule has 0 aliphatic carbocycles. The second kappa shape index (κ2) is 5.57. The summed E-state index contributed by atoms with van der Waals surface area (Å²) in [6.45, 7) is 0. The highest BCUT2D eigenvalue weighted by Gasteiger charge is 2.16. The third-order valence-electron chi connectivity index (χ3n) is 2.80. The van der Waals surface area contributed by atoms with Crippen molar-refractivity contribution in [1.29, 1.82) is 0 Å². The SMILES string of the molecule is CS(=O)(=O)c1cc(N)cc(C(=O)c2ccc(F)c(Br)c2)c1. The molecule has 0 spiro atoms. The summed E-state index contributed by atoms with van der Waals surface area (Å²) in [6, 6.07) is 7.74. The fourth-order valence-corrected chi connectivity index (χ4v) is 2.84.